The first-order chi connectivity index (χ1) is 5.63. The molecular formula is C9H15NO2. The Morgan fingerprint density at radius 2 is 2.17 bits per heavy atom. The third-order valence-corrected chi connectivity index (χ3v) is 2.41. The number of carbonyl (C=O) groups is 2. The molecule has 0 aromatic heterocycles. The van der Waals surface area contributed by atoms with E-state index < -0.39 is 0 Å². The highest BCUT2D eigenvalue weighted by Crippen LogP contribution is 2.13. The zero-order chi connectivity index (χ0) is 9.14. The fraction of sp³-hybridized carbons (Fsp3) is 0.778. The predicted molar refractivity (Wildman–Crippen MR) is 45.7 cm³/mol. The summed E-state index contributed by atoms with van der Waals surface area (Å²) in [5, 5.41) is 0. The molecule has 0 spiro atoms. The molecule has 1 fully saturated rings. The molecular weight excluding hydrogens is 154 g/mol. The summed E-state index contributed by atoms with van der Waals surface area (Å²) >= 11 is 0. The molecule has 1 unspecified atom stereocenters. The van der Waals surface area contributed by atoms with Crippen molar-refractivity contribution in [3.05, 3.63) is 0 Å². The second kappa shape index (κ2) is 3.70. The molecule has 1 amide bonds. The van der Waals surface area contributed by atoms with Crippen molar-refractivity contribution in [2.75, 3.05) is 6.54 Å². The van der Waals surface area contributed by atoms with E-state index in [0.717, 1.165) is 19.4 Å². The molecule has 0 aromatic carbocycles. The van der Waals surface area contributed by atoms with Crippen LogP contribution < -0.4 is 0 Å². The number of Topliss-reactive ketones (excluding diaryl/α,β-unsaturated/α-hetero) is 1. The Kier molecular flexibility index (Phi) is 2.84. The maximum Gasteiger partial charge on any atom is 0.220 e. The van der Waals surface area contributed by atoms with Crippen LogP contribution >= 0.6 is 0 Å². The minimum absolute atomic E-state index is 0.0118. The van der Waals surface area contributed by atoms with Crippen molar-refractivity contribution in [3.63, 3.8) is 0 Å². The van der Waals surface area contributed by atoms with Crippen LogP contribution in [0.4, 0.5) is 0 Å². The average Bonchev–Trinajstić information content (AvgIpc) is 2.15. The fourth-order valence-corrected chi connectivity index (χ4v) is 1.59. The minimum Gasteiger partial charge on any atom is -0.333 e. The molecule has 0 N–H and O–H groups in total. The lowest BCUT2D eigenvalue weighted by Gasteiger charge is -2.24. The molecule has 0 aliphatic carbocycles. The molecule has 1 aliphatic heterocycles. The summed E-state index contributed by atoms with van der Waals surface area (Å²) in [6.07, 6.45) is 2.51. The van der Waals surface area contributed by atoms with Gasteiger partial charge >= 0.3 is 0 Å². The Morgan fingerprint density at radius 3 is 2.75 bits per heavy atom. The van der Waals surface area contributed by atoms with Crippen molar-refractivity contribution in [3.8, 4) is 0 Å². The first-order valence-corrected chi connectivity index (χ1v) is 4.43. The van der Waals surface area contributed by atoms with Crippen LogP contribution in [-0.4, -0.2) is 29.2 Å². The molecule has 0 radical (unpaired) electrons. The van der Waals surface area contributed by atoms with Gasteiger partial charge in [0.1, 0.15) is 0 Å². The van der Waals surface area contributed by atoms with E-state index in [1.54, 1.807) is 4.90 Å². The van der Waals surface area contributed by atoms with Gasteiger partial charge in [0.2, 0.25) is 5.91 Å². The molecule has 0 saturated carbocycles. The van der Waals surface area contributed by atoms with Crippen LogP contribution in [0.15, 0.2) is 0 Å². The normalized spacial score (nSPS) is 25.3. The van der Waals surface area contributed by atoms with Gasteiger partial charge in [-0.2, -0.15) is 0 Å². The fourth-order valence-electron chi connectivity index (χ4n) is 1.59. The van der Waals surface area contributed by atoms with E-state index in [-0.39, 0.29) is 17.7 Å². The van der Waals surface area contributed by atoms with E-state index in [9.17, 15) is 9.59 Å². The number of nitrogens with zero attached hydrogens (tertiary/aromatic N) is 1. The molecule has 1 rings (SSSR count). The summed E-state index contributed by atoms with van der Waals surface area (Å²) < 4.78 is 0. The van der Waals surface area contributed by atoms with Crippen LogP contribution in [0.1, 0.15) is 33.1 Å². The quantitative estimate of drug-likeness (QED) is 0.542. The van der Waals surface area contributed by atoms with Gasteiger partial charge in [0.25, 0.3) is 0 Å². The Hall–Kier alpha value is -0.860. The molecule has 12 heavy (non-hydrogen) atoms. The van der Waals surface area contributed by atoms with Crippen molar-refractivity contribution in [1.82, 2.24) is 4.90 Å². The van der Waals surface area contributed by atoms with Crippen molar-refractivity contribution >= 4 is 11.7 Å². The van der Waals surface area contributed by atoms with Gasteiger partial charge < -0.3 is 4.90 Å². The van der Waals surface area contributed by atoms with Crippen LogP contribution in [-0.2, 0) is 9.59 Å². The number of carbonyl (C=O) groups excluding carboxylic acids is 2. The highest BCUT2D eigenvalue weighted by atomic mass is 16.2. The number of ketones is 1. The number of amides is 1. The third-order valence-electron chi connectivity index (χ3n) is 2.41. The lowest BCUT2D eigenvalue weighted by Crippen LogP contribution is -2.40. The number of hydrogen-bond donors (Lipinski definition) is 0. The van der Waals surface area contributed by atoms with Crippen LogP contribution in [0, 0.1) is 0 Å². The van der Waals surface area contributed by atoms with Gasteiger partial charge in [0.15, 0.2) is 5.78 Å². The zero-order valence-corrected chi connectivity index (χ0v) is 7.67. The Bertz CT molecular complexity index is 201. The van der Waals surface area contributed by atoms with Gasteiger partial charge in [-0.15, -0.1) is 0 Å². The van der Waals surface area contributed by atoms with E-state index in [0.29, 0.717) is 6.42 Å². The first kappa shape index (κ1) is 9.23. The Labute approximate surface area is 72.7 Å². The standard InChI is InChI=1S/C9H15NO2/c1-7-9(12)5-3-4-6-10(7)8(2)11/h7H,3-6H2,1-2H3. The highest BCUT2D eigenvalue weighted by molar-refractivity contribution is 5.88. The molecule has 68 valence electrons. The van der Waals surface area contributed by atoms with Gasteiger partial charge in [-0.05, 0) is 19.8 Å². The summed E-state index contributed by atoms with van der Waals surface area (Å²) in [7, 11) is 0. The van der Waals surface area contributed by atoms with Gasteiger partial charge in [-0.1, -0.05) is 0 Å². The minimum atomic E-state index is -0.204. The predicted octanol–water partition coefficient (Wildman–Crippen LogP) is 0.976. The average molecular weight is 169 g/mol. The summed E-state index contributed by atoms with van der Waals surface area (Å²) in [5.41, 5.74) is 0. The van der Waals surface area contributed by atoms with Crippen LogP contribution in [0.2, 0.25) is 0 Å². The van der Waals surface area contributed by atoms with Gasteiger partial charge in [0.05, 0.1) is 6.04 Å². The zero-order valence-electron chi connectivity index (χ0n) is 7.67. The third kappa shape index (κ3) is 1.84. The molecule has 1 atom stereocenters. The SMILES string of the molecule is CC(=O)N1CCCCC(=O)C1C. The number of likely N-dealkylation sites (tertiary alicyclic amines) is 1. The van der Waals surface area contributed by atoms with Crippen molar-refractivity contribution < 1.29 is 9.59 Å². The Balaban J connectivity index is 2.70. The maximum absolute atomic E-state index is 11.3. The molecule has 3 heteroatoms. The monoisotopic (exact) mass is 169 g/mol. The van der Waals surface area contributed by atoms with Crippen molar-refractivity contribution in [2.24, 2.45) is 0 Å². The maximum atomic E-state index is 11.3. The summed E-state index contributed by atoms with van der Waals surface area (Å²) in [6.45, 7) is 4.08. The molecule has 0 aromatic rings. The number of hydrogen-bond acceptors (Lipinski definition) is 2. The molecule has 1 saturated heterocycles. The molecule has 0 bridgehead atoms. The molecule has 1 heterocycles. The van der Waals surface area contributed by atoms with E-state index in [1.165, 1.54) is 6.92 Å². The van der Waals surface area contributed by atoms with E-state index in [2.05, 4.69) is 0 Å². The second-order valence-corrected chi connectivity index (χ2v) is 3.31. The smallest absolute Gasteiger partial charge is 0.220 e. The summed E-state index contributed by atoms with van der Waals surface area (Å²) in [6, 6.07) is -0.204. The Morgan fingerprint density at radius 1 is 1.50 bits per heavy atom. The topological polar surface area (TPSA) is 37.4 Å². The van der Waals surface area contributed by atoms with Crippen molar-refractivity contribution in [2.45, 2.75) is 39.2 Å². The van der Waals surface area contributed by atoms with E-state index >= 15 is 0 Å². The lowest BCUT2D eigenvalue weighted by atomic mass is 10.1. The van der Waals surface area contributed by atoms with Gasteiger partial charge in [-0.3, -0.25) is 9.59 Å². The van der Waals surface area contributed by atoms with Crippen LogP contribution in [0.5, 0.6) is 0 Å². The first-order valence-electron chi connectivity index (χ1n) is 4.43. The summed E-state index contributed by atoms with van der Waals surface area (Å²) in [5.74, 6) is 0.209. The second-order valence-electron chi connectivity index (χ2n) is 3.31. The van der Waals surface area contributed by atoms with Crippen molar-refractivity contribution in [1.29, 1.82) is 0 Å². The van der Waals surface area contributed by atoms with E-state index in [1.807, 2.05) is 6.92 Å². The molecule has 3 nitrogen and oxygen atoms in total. The van der Waals surface area contributed by atoms with E-state index in [4.69, 9.17) is 0 Å². The highest BCUT2D eigenvalue weighted by Gasteiger charge is 2.24. The number of rotatable bonds is 0. The molecule has 1 aliphatic rings. The lowest BCUT2D eigenvalue weighted by molar-refractivity contribution is -0.136. The van der Waals surface area contributed by atoms with Crippen LogP contribution in [0.3, 0.4) is 0 Å². The van der Waals surface area contributed by atoms with Gasteiger partial charge in [0, 0.05) is 19.9 Å². The largest absolute Gasteiger partial charge is 0.333 e. The van der Waals surface area contributed by atoms with Crippen LogP contribution in [0.25, 0.3) is 0 Å². The van der Waals surface area contributed by atoms with Gasteiger partial charge in [-0.25, -0.2) is 0 Å². The summed E-state index contributed by atoms with van der Waals surface area (Å²) in [4.78, 5) is 24.1.